The van der Waals surface area contributed by atoms with E-state index in [2.05, 4.69) is 4.74 Å². The van der Waals surface area contributed by atoms with Crippen LogP contribution in [0.1, 0.15) is 42.3 Å². The first kappa shape index (κ1) is 20.5. The predicted octanol–water partition coefficient (Wildman–Crippen LogP) is 3.57. The molecule has 0 amide bonds. The molecule has 1 aliphatic heterocycles. The van der Waals surface area contributed by atoms with E-state index in [1.807, 2.05) is 20.8 Å². The minimum absolute atomic E-state index is 0.00935. The second-order valence-electron chi connectivity index (χ2n) is 7.75. The normalized spacial score (nSPS) is 21.5. The van der Waals surface area contributed by atoms with Crippen LogP contribution >= 0.6 is 0 Å². The van der Waals surface area contributed by atoms with E-state index in [9.17, 15) is 19.7 Å². The third-order valence-corrected chi connectivity index (χ3v) is 4.67. The third-order valence-electron chi connectivity index (χ3n) is 4.67. The molecule has 0 N–H and O–H groups in total. The lowest BCUT2D eigenvalue weighted by atomic mass is 9.84. The number of rotatable bonds is 4. The molecule has 1 aliphatic rings. The summed E-state index contributed by atoms with van der Waals surface area (Å²) in [5.74, 6) is -1.48. The number of methoxy groups -OCH3 is 1. The molecule has 8 nitrogen and oxygen atoms in total. The van der Waals surface area contributed by atoms with Crippen molar-refractivity contribution in [1.29, 1.82) is 0 Å². The Morgan fingerprint density at radius 3 is 2.34 bits per heavy atom. The van der Waals surface area contributed by atoms with Crippen molar-refractivity contribution in [3.05, 3.63) is 75.3 Å². The number of carbonyl (C=O) groups excluding carboxylic acids is 2. The maximum Gasteiger partial charge on any atom is 0.350 e. The molecular formula is C21H21NO7. The highest BCUT2D eigenvalue weighted by atomic mass is 16.8. The molecular weight excluding hydrogens is 378 g/mol. The van der Waals surface area contributed by atoms with Gasteiger partial charge in [-0.2, -0.15) is 0 Å². The highest BCUT2D eigenvalue weighted by Crippen LogP contribution is 2.47. The topological polar surface area (TPSA) is 105 Å². The van der Waals surface area contributed by atoms with Crippen molar-refractivity contribution in [2.45, 2.75) is 32.7 Å². The first-order chi connectivity index (χ1) is 13.6. The summed E-state index contributed by atoms with van der Waals surface area (Å²) < 4.78 is 16.3. The van der Waals surface area contributed by atoms with Crippen molar-refractivity contribution in [3.63, 3.8) is 0 Å². The van der Waals surface area contributed by atoms with Gasteiger partial charge in [-0.25, -0.2) is 9.59 Å². The summed E-state index contributed by atoms with van der Waals surface area (Å²) in [5.41, 5.74) is -2.47. The van der Waals surface area contributed by atoms with Crippen molar-refractivity contribution in [2.24, 2.45) is 5.41 Å². The van der Waals surface area contributed by atoms with Crippen LogP contribution in [0.25, 0.3) is 0 Å². The van der Waals surface area contributed by atoms with Crippen LogP contribution in [0, 0.1) is 15.5 Å². The number of nitro groups is 1. The van der Waals surface area contributed by atoms with Crippen LogP contribution in [-0.2, 0) is 24.6 Å². The van der Waals surface area contributed by atoms with Gasteiger partial charge in [-0.15, -0.1) is 0 Å². The molecule has 0 saturated carbocycles. The lowest BCUT2D eigenvalue weighted by molar-refractivity contribution is -0.386. The SMILES string of the molecule is COC(=O)c1ccc([C@@]2(c3ccccc3)O[C@H](C(C)(C)C)OC2=O)c([N+](=O)[O-])c1. The van der Waals surface area contributed by atoms with Gasteiger partial charge in [0.1, 0.15) is 0 Å². The van der Waals surface area contributed by atoms with Crippen LogP contribution in [0.15, 0.2) is 48.5 Å². The fourth-order valence-electron chi connectivity index (χ4n) is 3.18. The number of nitrogens with zero attached hydrogens (tertiary/aromatic N) is 1. The molecule has 0 aliphatic carbocycles. The van der Waals surface area contributed by atoms with E-state index in [0.29, 0.717) is 5.56 Å². The molecule has 0 radical (unpaired) electrons. The molecule has 1 fully saturated rings. The Morgan fingerprint density at radius 2 is 1.83 bits per heavy atom. The molecule has 1 saturated heterocycles. The van der Waals surface area contributed by atoms with Crippen LogP contribution < -0.4 is 0 Å². The quantitative estimate of drug-likeness (QED) is 0.440. The molecule has 1 heterocycles. The van der Waals surface area contributed by atoms with Gasteiger partial charge < -0.3 is 14.2 Å². The Balaban J connectivity index is 2.28. The molecule has 3 rings (SSSR count). The van der Waals surface area contributed by atoms with Gasteiger partial charge in [-0.3, -0.25) is 10.1 Å². The van der Waals surface area contributed by atoms with Crippen molar-refractivity contribution >= 4 is 17.6 Å². The van der Waals surface area contributed by atoms with Gasteiger partial charge in [0.2, 0.25) is 11.9 Å². The second kappa shape index (κ2) is 7.29. The third kappa shape index (κ3) is 3.47. The van der Waals surface area contributed by atoms with E-state index in [-0.39, 0.29) is 11.1 Å². The van der Waals surface area contributed by atoms with Crippen LogP contribution in [0.3, 0.4) is 0 Å². The summed E-state index contributed by atoms with van der Waals surface area (Å²) in [5, 5.41) is 11.8. The van der Waals surface area contributed by atoms with Crippen LogP contribution in [0.4, 0.5) is 5.69 Å². The average molecular weight is 399 g/mol. The highest BCUT2D eigenvalue weighted by Gasteiger charge is 2.58. The minimum atomic E-state index is -1.84. The van der Waals surface area contributed by atoms with Crippen molar-refractivity contribution in [3.8, 4) is 0 Å². The van der Waals surface area contributed by atoms with E-state index < -0.39 is 39.9 Å². The van der Waals surface area contributed by atoms with Gasteiger partial charge in [0.05, 0.1) is 23.2 Å². The highest BCUT2D eigenvalue weighted by molar-refractivity contribution is 5.92. The van der Waals surface area contributed by atoms with E-state index in [1.54, 1.807) is 30.3 Å². The Hall–Kier alpha value is -3.26. The molecule has 0 unspecified atom stereocenters. The molecule has 0 bridgehead atoms. The number of benzene rings is 2. The van der Waals surface area contributed by atoms with E-state index in [1.165, 1.54) is 19.2 Å². The average Bonchev–Trinajstić information content (AvgIpc) is 3.06. The van der Waals surface area contributed by atoms with Crippen molar-refractivity contribution < 1.29 is 28.7 Å². The maximum absolute atomic E-state index is 13.1. The van der Waals surface area contributed by atoms with Gasteiger partial charge in [0, 0.05) is 17.0 Å². The first-order valence-corrected chi connectivity index (χ1v) is 8.93. The zero-order valence-electron chi connectivity index (χ0n) is 16.5. The smallest absolute Gasteiger partial charge is 0.350 e. The van der Waals surface area contributed by atoms with Crippen LogP contribution in [-0.4, -0.2) is 30.3 Å². The molecule has 29 heavy (non-hydrogen) atoms. The molecule has 2 atom stereocenters. The van der Waals surface area contributed by atoms with Gasteiger partial charge in [-0.1, -0.05) is 51.1 Å². The summed E-state index contributed by atoms with van der Waals surface area (Å²) in [4.78, 5) is 36.2. The Kier molecular flexibility index (Phi) is 5.15. The largest absolute Gasteiger partial charge is 0.465 e. The van der Waals surface area contributed by atoms with Gasteiger partial charge in [0.25, 0.3) is 5.69 Å². The second-order valence-corrected chi connectivity index (χ2v) is 7.75. The Labute approximate surface area is 167 Å². The standard InChI is InChI=1S/C21H21NO7/c1-20(2,3)19-28-18(24)21(29-19,14-8-6-5-7-9-14)15-11-10-13(17(23)27-4)12-16(15)22(25)26/h5-12,19H,1-4H3/t19-,21-/m1/s1. The van der Waals surface area contributed by atoms with E-state index in [0.717, 1.165) is 6.07 Å². The summed E-state index contributed by atoms with van der Waals surface area (Å²) in [6, 6.07) is 12.2. The zero-order valence-corrected chi connectivity index (χ0v) is 16.5. The summed E-state index contributed by atoms with van der Waals surface area (Å²) >= 11 is 0. The Morgan fingerprint density at radius 1 is 1.17 bits per heavy atom. The predicted molar refractivity (Wildman–Crippen MR) is 102 cm³/mol. The monoisotopic (exact) mass is 399 g/mol. The maximum atomic E-state index is 13.1. The molecule has 2 aromatic rings. The van der Waals surface area contributed by atoms with Gasteiger partial charge in [0.15, 0.2) is 0 Å². The number of ether oxygens (including phenoxy) is 3. The van der Waals surface area contributed by atoms with Gasteiger partial charge >= 0.3 is 11.9 Å². The minimum Gasteiger partial charge on any atom is -0.465 e. The number of cyclic esters (lactones) is 1. The molecule has 8 heteroatoms. The first-order valence-electron chi connectivity index (χ1n) is 8.93. The number of esters is 2. The van der Waals surface area contributed by atoms with Crippen LogP contribution in [0.5, 0.6) is 0 Å². The number of carbonyl (C=O) groups is 2. The van der Waals surface area contributed by atoms with E-state index in [4.69, 9.17) is 9.47 Å². The number of hydrogen-bond donors (Lipinski definition) is 0. The van der Waals surface area contributed by atoms with Crippen molar-refractivity contribution in [1.82, 2.24) is 0 Å². The Bertz CT molecular complexity index is 965. The van der Waals surface area contributed by atoms with Gasteiger partial charge in [-0.05, 0) is 12.1 Å². The lowest BCUT2D eigenvalue weighted by Gasteiger charge is -2.29. The van der Waals surface area contributed by atoms with E-state index >= 15 is 0 Å². The number of hydrogen-bond acceptors (Lipinski definition) is 7. The molecule has 2 aromatic carbocycles. The summed E-state index contributed by atoms with van der Waals surface area (Å²) in [6.45, 7) is 5.50. The zero-order chi connectivity index (χ0) is 21.4. The fraction of sp³-hybridized carbons (Fsp3) is 0.333. The summed E-state index contributed by atoms with van der Waals surface area (Å²) in [6.07, 6.45) is -0.921. The molecule has 152 valence electrons. The van der Waals surface area contributed by atoms with Crippen LogP contribution in [0.2, 0.25) is 0 Å². The fourth-order valence-corrected chi connectivity index (χ4v) is 3.18. The molecule has 0 aromatic heterocycles. The summed E-state index contributed by atoms with van der Waals surface area (Å²) in [7, 11) is 1.18. The molecule has 0 spiro atoms. The number of nitro benzene ring substituents is 1. The lowest BCUT2D eigenvalue weighted by Crippen LogP contribution is -2.37. The van der Waals surface area contributed by atoms with Crippen molar-refractivity contribution in [2.75, 3.05) is 7.11 Å².